The van der Waals surface area contributed by atoms with Gasteiger partial charge in [0.1, 0.15) is 12.4 Å². The van der Waals surface area contributed by atoms with Crippen LogP contribution >= 0.6 is 0 Å². The smallest absolute Gasteiger partial charge is 0.407 e. The lowest BCUT2D eigenvalue weighted by atomic mass is 10.2. The molecule has 0 saturated carbocycles. The summed E-state index contributed by atoms with van der Waals surface area (Å²) in [5.41, 5.74) is 1.69. The van der Waals surface area contributed by atoms with Crippen molar-refractivity contribution in [1.29, 1.82) is 0 Å². The molecule has 20 heavy (non-hydrogen) atoms. The van der Waals surface area contributed by atoms with E-state index < -0.39 is 6.09 Å². The minimum atomic E-state index is -0.466. The Morgan fingerprint density at radius 3 is 2.65 bits per heavy atom. The van der Waals surface area contributed by atoms with Gasteiger partial charge in [0.2, 0.25) is 0 Å². The summed E-state index contributed by atoms with van der Waals surface area (Å²) in [6.07, 6.45) is 1.14. The largest absolute Gasteiger partial charge is 0.495 e. The standard InChI is InChI=1S/C15H16N2O3/c1-19-14-8-7-13(16-10-14)9-17-15(18)20-11-12-5-3-2-4-6-12/h2-8,10H,9,11H2,1H3,(H,17,18). The number of ether oxygens (including phenoxy) is 2. The van der Waals surface area contributed by atoms with Crippen molar-refractivity contribution < 1.29 is 14.3 Å². The van der Waals surface area contributed by atoms with Crippen molar-refractivity contribution in [2.45, 2.75) is 13.2 Å². The number of rotatable bonds is 5. The molecule has 0 unspecified atom stereocenters. The summed E-state index contributed by atoms with van der Waals surface area (Å²) in [5, 5.41) is 2.64. The van der Waals surface area contributed by atoms with Crippen LogP contribution in [0.5, 0.6) is 5.75 Å². The molecule has 5 heteroatoms. The highest BCUT2D eigenvalue weighted by atomic mass is 16.5. The number of nitrogens with one attached hydrogen (secondary N) is 1. The fourth-order valence-corrected chi connectivity index (χ4v) is 1.57. The lowest BCUT2D eigenvalue weighted by molar-refractivity contribution is 0.139. The van der Waals surface area contributed by atoms with E-state index >= 15 is 0 Å². The number of benzene rings is 1. The van der Waals surface area contributed by atoms with E-state index in [1.54, 1.807) is 25.4 Å². The average Bonchev–Trinajstić information content (AvgIpc) is 2.52. The molecule has 0 aliphatic rings. The Labute approximate surface area is 117 Å². The van der Waals surface area contributed by atoms with Crippen molar-refractivity contribution in [3.05, 3.63) is 59.9 Å². The number of carbonyl (C=O) groups excluding carboxylic acids is 1. The molecule has 1 aromatic carbocycles. The molecule has 104 valence electrons. The van der Waals surface area contributed by atoms with Gasteiger partial charge in [-0.1, -0.05) is 30.3 Å². The minimum absolute atomic E-state index is 0.253. The molecule has 0 bridgehead atoms. The topological polar surface area (TPSA) is 60.5 Å². The summed E-state index contributed by atoms with van der Waals surface area (Å²) < 4.78 is 10.1. The Morgan fingerprint density at radius 1 is 1.20 bits per heavy atom. The number of alkyl carbamates (subject to hydrolysis) is 1. The van der Waals surface area contributed by atoms with Crippen LogP contribution < -0.4 is 10.1 Å². The van der Waals surface area contributed by atoms with E-state index in [2.05, 4.69) is 10.3 Å². The molecule has 2 aromatic rings. The van der Waals surface area contributed by atoms with Crippen LogP contribution in [-0.4, -0.2) is 18.2 Å². The highest BCUT2D eigenvalue weighted by Crippen LogP contribution is 2.07. The first-order valence-electron chi connectivity index (χ1n) is 6.21. The molecule has 0 aliphatic carbocycles. The maximum absolute atomic E-state index is 11.5. The first-order valence-corrected chi connectivity index (χ1v) is 6.21. The maximum atomic E-state index is 11.5. The summed E-state index contributed by atoms with van der Waals surface area (Å²) >= 11 is 0. The molecule has 0 saturated heterocycles. The third-order valence-corrected chi connectivity index (χ3v) is 2.66. The lowest BCUT2D eigenvalue weighted by Crippen LogP contribution is -2.24. The first kappa shape index (κ1) is 13.9. The average molecular weight is 272 g/mol. The maximum Gasteiger partial charge on any atom is 0.407 e. The van der Waals surface area contributed by atoms with Crippen molar-refractivity contribution in [3.8, 4) is 5.75 Å². The lowest BCUT2D eigenvalue weighted by Gasteiger charge is -2.07. The van der Waals surface area contributed by atoms with E-state index in [1.807, 2.05) is 30.3 Å². The molecule has 0 spiro atoms. The van der Waals surface area contributed by atoms with Gasteiger partial charge in [0.25, 0.3) is 0 Å². The number of methoxy groups -OCH3 is 1. The van der Waals surface area contributed by atoms with Gasteiger partial charge in [0.05, 0.1) is 25.5 Å². The van der Waals surface area contributed by atoms with Crippen molar-refractivity contribution in [2.75, 3.05) is 7.11 Å². The summed E-state index contributed by atoms with van der Waals surface area (Å²) in [6, 6.07) is 13.1. The van der Waals surface area contributed by atoms with Crippen LogP contribution in [0.4, 0.5) is 4.79 Å². The van der Waals surface area contributed by atoms with E-state index in [0.29, 0.717) is 12.3 Å². The molecule has 1 heterocycles. The molecule has 0 atom stereocenters. The Bertz CT molecular complexity index is 541. The van der Waals surface area contributed by atoms with Crippen LogP contribution in [0.15, 0.2) is 48.7 Å². The van der Waals surface area contributed by atoms with Gasteiger partial charge in [-0.05, 0) is 17.7 Å². The number of nitrogens with zero attached hydrogens (tertiary/aromatic N) is 1. The highest BCUT2D eigenvalue weighted by molar-refractivity contribution is 5.67. The van der Waals surface area contributed by atoms with Gasteiger partial charge >= 0.3 is 6.09 Å². The third-order valence-electron chi connectivity index (χ3n) is 2.66. The Hall–Kier alpha value is -2.56. The minimum Gasteiger partial charge on any atom is -0.495 e. The van der Waals surface area contributed by atoms with Gasteiger partial charge in [-0.3, -0.25) is 4.98 Å². The van der Waals surface area contributed by atoms with E-state index in [1.165, 1.54) is 0 Å². The van der Waals surface area contributed by atoms with Crippen LogP contribution in [0.1, 0.15) is 11.3 Å². The van der Waals surface area contributed by atoms with E-state index in [-0.39, 0.29) is 6.61 Å². The van der Waals surface area contributed by atoms with Crippen molar-refractivity contribution in [2.24, 2.45) is 0 Å². The van der Waals surface area contributed by atoms with Crippen molar-refractivity contribution in [3.63, 3.8) is 0 Å². The fraction of sp³-hybridized carbons (Fsp3) is 0.200. The summed E-state index contributed by atoms with van der Waals surface area (Å²) in [6.45, 7) is 0.570. The van der Waals surface area contributed by atoms with Crippen LogP contribution in [0.2, 0.25) is 0 Å². The highest BCUT2D eigenvalue weighted by Gasteiger charge is 2.03. The van der Waals surface area contributed by atoms with Gasteiger partial charge in [0.15, 0.2) is 0 Å². The fourth-order valence-electron chi connectivity index (χ4n) is 1.57. The zero-order valence-corrected chi connectivity index (χ0v) is 11.2. The number of aromatic nitrogens is 1. The predicted octanol–water partition coefficient (Wildman–Crippen LogP) is 2.52. The molecule has 5 nitrogen and oxygen atoms in total. The summed E-state index contributed by atoms with van der Waals surface area (Å²) in [5.74, 6) is 0.681. The molecule has 1 aromatic heterocycles. The second-order valence-corrected chi connectivity index (χ2v) is 4.10. The van der Waals surface area contributed by atoms with E-state index in [9.17, 15) is 4.79 Å². The summed E-state index contributed by atoms with van der Waals surface area (Å²) in [7, 11) is 1.58. The van der Waals surface area contributed by atoms with Gasteiger partial charge in [-0.25, -0.2) is 4.79 Å². The molecule has 0 radical (unpaired) electrons. The molecule has 1 N–H and O–H groups in total. The quantitative estimate of drug-likeness (QED) is 0.908. The van der Waals surface area contributed by atoms with E-state index in [0.717, 1.165) is 11.3 Å². The second-order valence-electron chi connectivity index (χ2n) is 4.10. The number of amides is 1. The van der Waals surface area contributed by atoms with Crippen molar-refractivity contribution >= 4 is 6.09 Å². The Balaban J connectivity index is 1.74. The SMILES string of the molecule is COc1ccc(CNC(=O)OCc2ccccc2)nc1. The van der Waals surface area contributed by atoms with Crippen LogP contribution in [-0.2, 0) is 17.9 Å². The molecule has 1 amide bonds. The molecular weight excluding hydrogens is 256 g/mol. The number of hydrogen-bond donors (Lipinski definition) is 1. The number of hydrogen-bond acceptors (Lipinski definition) is 4. The third kappa shape index (κ3) is 4.28. The molecule has 0 fully saturated rings. The number of pyridine rings is 1. The van der Waals surface area contributed by atoms with Gasteiger partial charge < -0.3 is 14.8 Å². The number of carbonyl (C=O) groups is 1. The van der Waals surface area contributed by atoms with Gasteiger partial charge in [-0.2, -0.15) is 0 Å². The Kier molecular flexibility index (Phi) is 4.94. The molecule has 0 aliphatic heterocycles. The van der Waals surface area contributed by atoms with E-state index in [4.69, 9.17) is 9.47 Å². The molecular formula is C15H16N2O3. The first-order chi connectivity index (χ1) is 9.78. The van der Waals surface area contributed by atoms with Gasteiger partial charge in [0, 0.05) is 0 Å². The zero-order chi connectivity index (χ0) is 14.2. The van der Waals surface area contributed by atoms with Crippen LogP contribution in [0.25, 0.3) is 0 Å². The monoisotopic (exact) mass is 272 g/mol. The predicted molar refractivity (Wildman–Crippen MR) is 74.3 cm³/mol. The second kappa shape index (κ2) is 7.13. The van der Waals surface area contributed by atoms with Crippen LogP contribution in [0.3, 0.4) is 0 Å². The Morgan fingerprint density at radius 2 is 2.00 bits per heavy atom. The van der Waals surface area contributed by atoms with Crippen molar-refractivity contribution in [1.82, 2.24) is 10.3 Å². The van der Waals surface area contributed by atoms with Crippen LogP contribution in [0, 0.1) is 0 Å². The zero-order valence-electron chi connectivity index (χ0n) is 11.2. The normalized spacial score (nSPS) is 9.85. The summed E-state index contributed by atoms with van der Waals surface area (Å²) in [4.78, 5) is 15.7. The van der Waals surface area contributed by atoms with Gasteiger partial charge in [-0.15, -0.1) is 0 Å². The molecule has 2 rings (SSSR count).